The van der Waals surface area contributed by atoms with E-state index in [9.17, 15) is 9.90 Å². The first-order valence-electron chi connectivity index (χ1n) is 7.65. The number of aromatic nitrogens is 1. The Morgan fingerprint density at radius 3 is 2.77 bits per heavy atom. The average molecular weight is 300 g/mol. The summed E-state index contributed by atoms with van der Waals surface area (Å²) >= 11 is 0. The van der Waals surface area contributed by atoms with Gasteiger partial charge in [0.25, 0.3) is 0 Å². The highest BCUT2D eigenvalue weighted by Gasteiger charge is 2.20. The molecule has 0 fully saturated rings. The Morgan fingerprint density at radius 2 is 2.09 bits per heavy atom. The minimum atomic E-state index is -0.786. The second-order valence-corrected chi connectivity index (χ2v) is 6.89. The van der Waals surface area contributed by atoms with Crippen LogP contribution in [0.5, 0.6) is 0 Å². The highest BCUT2D eigenvalue weighted by Crippen LogP contribution is 2.22. The van der Waals surface area contributed by atoms with Crippen molar-refractivity contribution in [2.75, 3.05) is 0 Å². The average Bonchev–Trinajstić information content (AvgIpc) is 2.45. The molecule has 0 aliphatic carbocycles. The zero-order valence-corrected chi connectivity index (χ0v) is 13.5. The monoisotopic (exact) mass is 300 g/mol. The van der Waals surface area contributed by atoms with Gasteiger partial charge in [-0.1, -0.05) is 39.0 Å². The van der Waals surface area contributed by atoms with Gasteiger partial charge in [-0.15, -0.1) is 0 Å². The summed E-state index contributed by atoms with van der Waals surface area (Å²) < 4.78 is 0. The van der Waals surface area contributed by atoms with Gasteiger partial charge in [0.2, 0.25) is 0 Å². The van der Waals surface area contributed by atoms with E-state index in [-0.39, 0.29) is 5.41 Å². The fraction of sp³-hybridized carbons (Fsp3) is 0.444. The lowest BCUT2D eigenvalue weighted by molar-refractivity contribution is -0.139. The molecule has 0 bridgehead atoms. The number of carbonyl (C=O) groups is 1. The Balaban J connectivity index is 2.06. The molecule has 0 aliphatic rings. The molecule has 1 atom stereocenters. The van der Waals surface area contributed by atoms with E-state index in [1.165, 1.54) is 0 Å². The van der Waals surface area contributed by atoms with Gasteiger partial charge in [-0.2, -0.15) is 0 Å². The van der Waals surface area contributed by atoms with E-state index in [0.29, 0.717) is 13.0 Å². The van der Waals surface area contributed by atoms with Gasteiger partial charge >= 0.3 is 5.97 Å². The van der Waals surface area contributed by atoms with Crippen molar-refractivity contribution in [3.63, 3.8) is 0 Å². The molecule has 1 heterocycles. The first-order valence-corrected chi connectivity index (χ1v) is 7.65. The van der Waals surface area contributed by atoms with E-state index in [2.05, 4.69) is 31.1 Å². The molecule has 0 aliphatic heterocycles. The quantitative estimate of drug-likeness (QED) is 0.855. The molecule has 0 saturated carbocycles. The highest BCUT2D eigenvalue weighted by molar-refractivity contribution is 5.84. The molecule has 2 N–H and O–H groups in total. The summed E-state index contributed by atoms with van der Waals surface area (Å²) in [6.45, 7) is 6.93. The van der Waals surface area contributed by atoms with Crippen molar-refractivity contribution < 1.29 is 9.90 Å². The van der Waals surface area contributed by atoms with Crippen molar-refractivity contribution in [2.45, 2.75) is 46.2 Å². The summed E-state index contributed by atoms with van der Waals surface area (Å²) in [5.74, 6) is -0.786. The van der Waals surface area contributed by atoms with Crippen molar-refractivity contribution in [3.8, 4) is 0 Å². The SMILES string of the molecule is CC(C)(C)CCC(NCc1cccc2cnccc12)C(=O)O. The molecule has 0 saturated heterocycles. The largest absolute Gasteiger partial charge is 0.480 e. The van der Waals surface area contributed by atoms with Crippen LogP contribution in [0.1, 0.15) is 39.2 Å². The normalized spacial score (nSPS) is 13.2. The van der Waals surface area contributed by atoms with Crippen LogP contribution in [0.3, 0.4) is 0 Å². The van der Waals surface area contributed by atoms with Gasteiger partial charge in [-0.05, 0) is 35.3 Å². The molecule has 22 heavy (non-hydrogen) atoms. The zero-order valence-electron chi connectivity index (χ0n) is 13.5. The molecule has 4 nitrogen and oxygen atoms in total. The lowest BCUT2D eigenvalue weighted by Gasteiger charge is -2.22. The van der Waals surface area contributed by atoms with Crippen LogP contribution in [0.4, 0.5) is 0 Å². The molecular formula is C18H24N2O2. The molecule has 4 heteroatoms. The fourth-order valence-electron chi connectivity index (χ4n) is 2.47. The minimum Gasteiger partial charge on any atom is -0.480 e. The molecule has 118 valence electrons. The van der Waals surface area contributed by atoms with Gasteiger partial charge in [0.15, 0.2) is 0 Å². The summed E-state index contributed by atoms with van der Waals surface area (Å²) in [7, 11) is 0. The number of aliphatic carboxylic acids is 1. The molecule has 2 rings (SSSR count). The maximum atomic E-state index is 11.4. The van der Waals surface area contributed by atoms with Crippen LogP contribution in [-0.4, -0.2) is 22.1 Å². The van der Waals surface area contributed by atoms with E-state index in [4.69, 9.17) is 0 Å². The maximum Gasteiger partial charge on any atom is 0.320 e. The Labute approximate surface area is 131 Å². The lowest BCUT2D eigenvalue weighted by atomic mass is 9.88. The first kappa shape index (κ1) is 16.4. The van der Waals surface area contributed by atoms with Crippen LogP contribution in [0.2, 0.25) is 0 Å². The van der Waals surface area contributed by atoms with Crippen molar-refractivity contribution in [1.82, 2.24) is 10.3 Å². The van der Waals surface area contributed by atoms with E-state index in [1.807, 2.05) is 30.5 Å². The predicted octanol–water partition coefficient (Wildman–Crippen LogP) is 3.60. The summed E-state index contributed by atoms with van der Waals surface area (Å²) in [5, 5.41) is 14.8. The number of fused-ring (bicyclic) bond motifs is 1. The third-order valence-electron chi connectivity index (χ3n) is 3.79. The van der Waals surface area contributed by atoms with Crippen LogP contribution < -0.4 is 5.32 Å². The Kier molecular flexibility index (Phi) is 5.14. The molecule has 0 radical (unpaired) electrons. The van der Waals surface area contributed by atoms with Gasteiger partial charge in [0.05, 0.1) is 0 Å². The first-order chi connectivity index (χ1) is 10.4. The molecule has 1 aromatic carbocycles. The molecular weight excluding hydrogens is 276 g/mol. The number of benzene rings is 1. The van der Waals surface area contributed by atoms with E-state index >= 15 is 0 Å². The van der Waals surface area contributed by atoms with Crippen LogP contribution in [0, 0.1) is 5.41 Å². The van der Waals surface area contributed by atoms with Gasteiger partial charge < -0.3 is 10.4 Å². The molecule has 2 aromatic rings. The van der Waals surface area contributed by atoms with Gasteiger partial charge in [-0.25, -0.2) is 0 Å². The fourth-order valence-corrected chi connectivity index (χ4v) is 2.47. The lowest BCUT2D eigenvalue weighted by Crippen LogP contribution is -2.37. The standard InChI is InChI=1S/C18H24N2O2/c1-18(2,3)9-7-16(17(21)22)20-12-14-6-4-5-13-11-19-10-8-15(13)14/h4-6,8,10-11,16,20H,7,9,12H2,1-3H3,(H,21,22). The summed E-state index contributed by atoms with van der Waals surface area (Å²) in [6, 6.07) is 7.47. The van der Waals surface area contributed by atoms with Gasteiger partial charge in [-0.3, -0.25) is 9.78 Å². The van der Waals surface area contributed by atoms with Crippen LogP contribution in [-0.2, 0) is 11.3 Å². The summed E-state index contributed by atoms with van der Waals surface area (Å²) in [4.78, 5) is 15.5. The maximum absolute atomic E-state index is 11.4. The van der Waals surface area contributed by atoms with Crippen LogP contribution in [0.25, 0.3) is 10.8 Å². The number of nitrogens with zero attached hydrogens (tertiary/aromatic N) is 1. The third-order valence-corrected chi connectivity index (χ3v) is 3.79. The third kappa shape index (κ3) is 4.53. The Hall–Kier alpha value is -1.94. The van der Waals surface area contributed by atoms with Crippen molar-refractivity contribution in [3.05, 3.63) is 42.2 Å². The number of hydrogen-bond donors (Lipinski definition) is 2. The minimum absolute atomic E-state index is 0.139. The predicted molar refractivity (Wildman–Crippen MR) is 88.7 cm³/mol. The number of carboxylic acid groups (broad SMARTS) is 1. The number of rotatable bonds is 6. The van der Waals surface area contributed by atoms with Gasteiger partial charge in [0, 0.05) is 24.3 Å². The smallest absolute Gasteiger partial charge is 0.320 e. The van der Waals surface area contributed by atoms with E-state index < -0.39 is 12.0 Å². The van der Waals surface area contributed by atoms with Gasteiger partial charge in [0.1, 0.15) is 6.04 Å². The van der Waals surface area contributed by atoms with Crippen molar-refractivity contribution >= 4 is 16.7 Å². The topological polar surface area (TPSA) is 62.2 Å². The van der Waals surface area contributed by atoms with Crippen LogP contribution in [0.15, 0.2) is 36.7 Å². The number of carboxylic acids is 1. The summed E-state index contributed by atoms with van der Waals surface area (Å²) in [6.07, 6.45) is 5.09. The Bertz CT molecular complexity index is 642. The number of pyridine rings is 1. The van der Waals surface area contributed by atoms with E-state index in [0.717, 1.165) is 22.8 Å². The van der Waals surface area contributed by atoms with Crippen molar-refractivity contribution in [2.24, 2.45) is 5.41 Å². The Morgan fingerprint density at radius 1 is 1.32 bits per heavy atom. The summed E-state index contributed by atoms with van der Waals surface area (Å²) in [5.41, 5.74) is 1.24. The number of hydrogen-bond acceptors (Lipinski definition) is 3. The molecule has 0 amide bonds. The van der Waals surface area contributed by atoms with E-state index in [1.54, 1.807) is 6.20 Å². The highest BCUT2D eigenvalue weighted by atomic mass is 16.4. The molecule has 1 unspecified atom stereocenters. The van der Waals surface area contributed by atoms with Crippen LogP contribution >= 0.6 is 0 Å². The second kappa shape index (κ2) is 6.88. The molecule has 1 aromatic heterocycles. The zero-order chi connectivity index (χ0) is 16.2. The second-order valence-electron chi connectivity index (χ2n) is 6.89. The number of nitrogens with one attached hydrogen (secondary N) is 1. The molecule has 0 spiro atoms. The van der Waals surface area contributed by atoms with Crippen molar-refractivity contribution in [1.29, 1.82) is 0 Å².